The van der Waals surface area contributed by atoms with Crippen molar-refractivity contribution < 1.29 is 9.53 Å². The summed E-state index contributed by atoms with van der Waals surface area (Å²) < 4.78 is 7.83. The molecule has 0 bridgehead atoms. The number of nitrogens with one attached hydrogen (secondary N) is 1. The van der Waals surface area contributed by atoms with E-state index >= 15 is 0 Å². The number of thioether (sulfide) groups is 1. The highest BCUT2D eigenvalue weighted by molar-refractivity contribution is 8.00. The lowest BCUT2D eigenvalue weighted by Crippen LogP contribution is -2.29. The van der Waals surface area contributed by atoms with Crippen LogP contribution in [0.3, 0.4) is 0 Å². The number of anilines is 1. The Balaban J connectivity index is 1.50. The van der Waals surface area contributed by atoms with Crippen molar-refractivity contribution in [3.8, 4) is 0 Å². The number of amides is 1. The van der Waals surface area contributed by atoms with Crippen molar-refractivity contribution >= 4 is 44.9 Å². The number of carbonyl (C=O) groups excluding carboxylic acids is 1. The molecule has 2 aromatic heterocycles. The Morgan fingerprint density at radius 3 is 2.54 bits per heavy atom. The van der Waals surface area contributed by atoms with Gasteiger partial charge in [0.2, 0.25) is 5.91 Å². The lowest BCUT2D eigenvalue weighted by molar-refractivity contribution is -0.115. The zero-order valence-electron chi connectivity index (χ0n) is 21.3. The van der Waals surface area contributed by atoms with Gasteiger partial charge in [0, 0.05) is 23.5 Å². The van der Waals surface area contributed by atoms with Crippen LogP contribution in [0.2, 0.25) is 0 Å². The average molecular weight is 534 g/mol. The molecule has 4 aromatic rings. The lowest BCUT2D eigenvalue weighted by atomic mass is 9.96. The van der Waals surface area contributed by atoms with Gasteiger partial charge >= 0.3 is 0 Å². The van der Waals surface area contributed by atoms with Crippen LogP contribution >= 0.6 is 23.1 Å². The lowest BCUT2D eigenvalue weighted by Gasteiger charge is -2.26. The molecule has 1 aliphatic heterocycles. The third kappa shape index (κ3) is 5.66. The Morgan fingerprint density at radius 1 is 1.14 bits per heavy atom. The van der Waals surface area contributed by atoms with Crippen molar-refractivity contribution in [3.05, 3.63) is 87.0 Å². The van der Waals surface area contributed by atoms with Gasteiger partial charge in [-0.15, -0.1) is 11.3 Å². The molecule has 0 aliphatic carbocycles. The van der Waals surface area contributed by atoms with Crippen LogP contribution in [0.1, 0.15) is 36.8 Å². The van der Waals surface area contributed by atoms with E-state index in [0.29, 0.717) is 36.0 Å². The second-order valence-electron chi connectivity index (χ2n) is 9.68. The van der Waals surface area contributed by atoms with Crippen molar-refractivity contribution in [2.45, 2.75) is 63.3 Å². The van der Waals surface area contributed by atoms with Crippen LogP contribution < -0.4 is 10.9 Å². The minimum Gasteiger partial charge on any atom is -0.372 e. The first-order valence-electron chi connectivity index (χ1n) is 12.6. The summed E-state index contributed by atoms with van der Waals surface area (Å²) >= 11 is 2.87. The number of hydrogen-bond acceptors (Lipinski definition) is 6. The van der Waals surface area contributed by atoms with Crippen molar-refractivity contribution in [1.29, 1.82) is 0 Å². The number of ether oxygens (including phenoxy) is 1. The number of fused-ring (bicyclic) bond motifs is 3. The van der Waals surface area contributed by atoms with Gasteiger partial charge in [-0.2, -0.15) is 0 Å². The zero-order valence-corrected chi connectivity index (χ0v) is 22.9. The predicted molar refractivity (Wildman–Crippen MR) is 152 cm³/mol. The maximum Gasteiger partial charge on any atom is 0.263 e. The quantitative estimate of drug-likeness (QED) is 0.225. The van der Waals surface area contributed by atoms with Gasteiger partial charge in [0.25, 0.3) is 5.56 Å². The normalized spacial score (nSPS) is 16.1. The number of thiophene rings is 1. The summed E-state index contributed by atoms with van der Waals surface area (Å²) in [6, 6.07) is 19.5. The van der Waals surface area contributed by atoms with Crippen LogP contribution in [0.15, 0.2) is 70.6 Å². The molecular formula is C29H31N3O3S2. The third-order valence-electron chi connectivity index (χ3n) is 6.70. The van der Waals surface area contributed by atoms with Gasteiger partial charge in [0.1, 0.15) is 4.83 Å². The van der Waals surface area contributed by atoms with Gasteiger partial charge in [-0.1, -0.05) is 74.1 Å². The van der Waals surface area contributed by atoms with Crippen molar-refractivity contribution in [2.75, 3.05) is 5.32 Å². The van der Waals surface area contributed by atoms with E-state index in [1.807, 2.05) is 55.5 Å². The Morgan fingerprint density at radius 2 is 1.84 bits per heavy atom. The molecule has 0 fully saturated rings. The maximum atomic E-state index is 14.0. The van der Waals surface area contributed by atoms with E-state index < -0.39 is 5.25 Å². The predicted octanol–water partition coefficient (Wildman–Crippen LogP) is 5.92. The van der Waals surface area contributed by atoms with Crippen LogP contribution in [0.4, 0.5) is 5.69 Å². The molecule has 1 amide bonds. The Hall–Kier alpha value is -2.94. The molecule has 0 unspecified atom stereocenters. The van der Waals surface area contributed by atoms with Gasteiger partial charge in [-0.3, -0.25) is 14.2 Å². The van der Waals surface area contributed by atoms with Crippen LogP contribution in [0.25, 0.3) is 10.2 Å². The first-order chi connectivity index (χ1) is 17.9. The maximum absolute atomic E-state index is 14.0. The fraction of sp³-hybridized carbons (Fsp3) is 0.345. The van der Waals surface area contributed by atoms with E-state index in [0.717, 1.165) is 32.9 Å². The monoisotopic (exact) mass is 533 g/mol. The standard InChI is InChI=1S/C29H31N3O3S2/c1-18(2)23-16-22-24(17-35-23)37-27-25(22)28(34)32(15-14-20-10-6-4-7-11-20)29(31-27)36-19(3)26(33)30-21-12-8-5-9-13-21/h4-13,18-19,23H,14-17H2,1-3H3,(H,30,33)/t19-,23-/m1/s1. The van der Waals surface area contributed by atoms with E-state index in [1.54, 1.807) is 4.57 Å². The molecule has 0 spiro atoms. The number of carbonyl (C=O) groups is 1. The number of aromatic nitrogens is 2. The molecule has 2 atom stereocenters. The Kier molecular flexibility index (Phi) is 7.79. The van der Waals surface area contributed by atoms with Gasteiger partial charge in [0.05, 0.1) is 23.3 Å². The number of hydrogen-bond donors (Lipinski definition) is 1. The number of para-hydroxylation sites is 1. The van der Waals surface area contributed by atoms with Gasteiger partial charge in [-0.25, -0.2) is 4.98 Å². The van der Waals surface area contributed by atoms with Crippen molar-refractivity contribution in [1.82, 2.24) is 9.55 Å². The highest BCUT2D eigenvalue weighted by Crippen LogP contribution is 2.36. The minimum absolute atomic E-state index is 0.0268. The van der Waals surface area contributed by atoms with E-state index in [2.05, 4.69) is 31.3 Å². The second-order valence-corrected chi connectivity index (χ2v) is 12.1. The summed E-state index contributed by atoms with van der Waals surface area (Å²) in [5.41, 5.74) is 2.96. The third-order valence-corrected chi connectivity index (χ3v) is 8.89. The minimum atomic E-state index is -0.434. The Labute approximate surface area is 225 Å². The summed E-state index contributed by atoms with van der Waals surface area (Å²) in [4.78, 5) is 33.7. The van der Waals surface area contributed by atoms with Crippen LogP contribution in [-0.4, -0.2) is 26.8 Å². The van der Waals surface area contributed by atoms with Crippen molar-refractivity contribution in [3.63, 3.8) is 0 Å². The van der Waals surface area contributed by atoms with Gasteiger partial charge in [-0.05, 0) is 42.5 Å². The van der Waals surface area contributed by atoms with E-state index in [-0.39, 0.29) is 17.6 Å². The molecule has 37 heavy (non-hydrogen) atoms. The SMILES string of the molecule is CC(C)[C@H]1Cc2c(sc3nc(S[C@H](C)C(=O)Nc4ccccc4)n(CCc4ccccc4)c(=O)c23)CO1. The molecular weight excluding hydrogens is 502 g/mol. The molecule has 0 radical (unpaired) electrons. The average Bonchev–Trinajstić information content (AvgIpc) is 3.27. The van der Waals surface area contributed by atoms with E-state index in [1.165, 1.54) is 23.1 Å². The van der Waals surface area contributed by atoms with E-state index in [4.69, 9.17) is 9.72 Å². The highest BCUT2D eigenvalue weighted by Gasteiger charge is 2.29. The summed E-state index contributed by atoms with van der Waals surface area (Å²) in [6.45, 7) is 7.16. The molecule has 192 valence electrons. The molecule has 1 aliphatic rings. The number of benzene rings is 2. The largest absolute Gasteiger partial charge is 0.372 e. The smallest absolute Gasteiger partial charge is 0.263 e. The first kappa shape index (κ1) is 25.7. The Bertz CT molecular complexity index is 1450. The van der Waals surface area contributed by atoms with Gasteiger partial charge in [0.15, 0.2) is 5.16 Å². The molecule has 0 saturated carbocycles. The van der Waals surface area contributed by atoms with Crippen LogP contribution in [0.5, 0.6) is 0 Å². The molecule has 1 N–H and O–H groups in total. The number of rotatable bonds is 8. The summed E-state index contributed by atoms with van der Waals surface area (Å²) in [5, 5.41) is 3.81. The van der Waals surface area contributed by atoms with E-state index in [9.17, 15) is 9.59 Å². The zero-order chi connectivity index (χ0) is 25.9. The fourth-order valence-corrected chi connectivity index (χ4v) is 6.62. The number of aryl methyl sites for hydroxylation is 1. The molecule has 2 aromatic carbocycles. The second kappa shape index (κ2) is 11.2. The van der Waals surface area contributed by atoms with Crippen LogP contribution in [0, 0.1) is 5.92 Å². The fourth-order valence-electron chi connectivity index (χ4n) is 4.52. The molecule has 6 nitrogen and oxygen atoms in total. The van der Waals surface area contributed by atoms with Crippen LogP contribution in [-0.2, 0) is 35.5 Å². The van der Waals surface area contributed by atoms with Gasteiger partial charge < -0.3 is 10.1 Å². The molecule has 5 rings (SSSR count). The summed E-state index contributed by atoms with van der Waals surface area (Å²) in [5.74, 6) is 0.244. The molecule has 0 saturated heterocycles. The molecule has 8 heteroatoms. The highest BCUT2D eigenvalue weighted by atomic mass is 32.2. The number of nitrogens with zero attached hydrogens (tertiary/aromatic N) is 2. The molecule has 3 heterocycles. The topological polar surface area (TPSA) is 73.2 Å². The summed E-state index contributed by atoms with van der Waals surface area (Å²) in [6.07, 6.45) is 1.53. The van der Waals surface area contributed by atoms with Crippen molar-refractivity contribution in [2.24, 2.45) is 5.92 Å². The summed E-state index contributed by atoms with van der Waals surface area (Å²) in [7, 11) is 0. The first-order valence-corrected chi connectivity index (χ1v) is 14.3.